The van der Waals surface area contributed by atoms with Crippen LogP contribution in [0.25, 0.3) is 0 Å². The van der Waals surface area contributed by atoms with Gasteiger partial charge in [-0.1, -0.05) is 0 Å². The molecule has 0 saturated carbocycles. The maximum absolute atomic E-state index is 11.0. The van der Waals surface area contributed by atoms with Gasteiger partial charge >= 0.3 is 5.97 Å². The van der Waals surface area contributed by atoms with Crippen molar-refractivity contribution < 1.29 is 19.4 Å². The summed E-state index contributed by atoms with van der Waals surface area (Å²) in [6, 6.07) is 2.75. The first-order chi connectivity index (χ1) is 9.42. The van der Waals surface area contributed by atoms with Crippen molar-refractivity contribution in [3.8, 4) is 5.75 Å². The number of hydrogen-bond acceptors (Lipinski definition) is 5. The summed E-state index contributed by atoms with van der Waals surface area (Å²) in [6.45, 7) is 3.17. The van der Waals surface area contributed by atoms with Gasteiger partial charge < -0.3 is 15.2 Å². The van der Waals surface area contributed by atoms with Gasteiger partial charge in [0.05, 0.1) is 12.8 Å². The van der Waals surface area contributed by atoms with Gasteiger partial charge in [0.25, 0.3) is 0 Å². The molecule has 1 rings (SSSR count). The fourth-order valence-corrected chi connectivity index (χ4v) is 2.53. The number of carbonyl (C=O) groups excluding carboxylic acids is 1. The third-order valence-corrected chi connectivity index (χ3v) is 3.49. The van der Waals surface area contributed by atoms with Crippen LogP contribution in [0.3, 0.4) is 0 Å². The number of carboxylic acids is 1. The van der Waals surface area contributed by atoms with E-state index in [1.54, 1.807) is 7.11 Å². The van der Waals surface area contributed by atoms with Crippen LogP contribution < -0.4 is 10.1 Å². The Bertz CT molecular complexity index is 493. The molecule has 1 heterocycles. The van der Waals surface area contributed by atoms with Gasteiger partial charge in [0.15, 0.2) is 0 Å². The number of rotatable bonds is 7. The molecule has 1 unspecified atom stereocenters. The molecule has 1 aromatic rings. The number of nitrogens with zero attached hydrogens (tertiary/aromatic N) is 1. The van der Waals surface area contributed by atoms with Crippen LogP contribution in [0, 0.1) is 6.92 Å². The Hall–Kier alpha value is -1.76. The predicted octanol–water partition coefficient (Wildman–Crippen LogP) is 1.22. The number of hydrogen-bond donors (Lipinski definition) is 2. The second-order valence-electron chi connectivity index (χ2n) is 4.25. The molecule has 6 nitrogen and oxygen atoms in total. The lowest BCUT2D eigenvalue weighted by Gasteiger charge is -2.12. The molecule has 2 N–H and O–H groups in total. The second-order valence-corrected chi connectivity index (χ2v) is 5.28. The third kappa shape index (κ3) is 5.48. The van der Waals surface area contributed by atoms with Crippen molar-refractivity contribution in [2.75, 3.05) is 12.9 Å². The number of methoxy groups -OCH3 is 1. The van der Waals surface area contributed by atoms with Crippen LogP contribution in [0.15, 0.2) is 12.1 Å². The number of nitrogens with one attached hydrogen (secondary N) is 1. The fourth-order valence-electron chi connectivity index (χ4n) is 1.60. The van der Waals surface area contributed by atoms with Gasteiger partial charge in [-0.25, -0.2) is 4.79 Å². The molecule has 0 fully saturated rings. The molecule has 20 heavy (non-hydrogen) atoms. The number of carbonyl (C=O) groups is 2. The highest BCUT2D eigenvalue weighted by molar-refractivity contribution is 7.98. The maximum atomic E-state index is 11.0. The van der Waals surface area contributed by atoms with Gasteiger partial charge in [-0.3, -0.25) is 9.78 Å². The third-order valence-electron chi connectivity index (χ3n) is 2.43. The molecule has 110 valence electrons. The lowest BCUT2D eigenvalue weighted by Crippen LogP contribution is -2.41. The van der Waals surface area contributed by atoms with E-state index in [1.807, 2.05) is 19.1 Å². The number of amides is 1. The van der Waals surface area contributed by atoms with Gasteiger partial charge in [-0.15, -0.1) is 0 Å². The van der Waals surface area contributed by atoms with E-state index in [0.29, 0.717) is 5.75 Å². The zero-order chi connectivity index (χ0) is 15.1. The van der Waals surface area contributed by atoms with Gasteiger partial charge in [-0.2, -0.15) is 11.8 Å². The van der Waals surface area contributed by atoms with E-state index in [-0.39, 0.29) is 11.7 Å². The van der Waals surface area contributed by atoms with Crippen molar-refractivity contribution in [1.82, 2.24) is 10.3 Å². The first-order valence-electron chi connectivity index (χ1n) is 6.01. The standard InChI is InChI=1S/C13H18N2O4S/c1-8-4-11(19-3)5-10(14-8)6-20-7-12(13(17)18)15-9(2)16/h4-5,12H,6-7H2,1-3H3,(H,15,16)(H,17,18). The molecule has 1 amide bonds. The summed E-state index contributed by atoms with van der Waals surface area (Å²) >= 11 is 1.40. The smallest absolute Gasteiger partial charge is 0.327 e. The molecule has 7 heteroatoms. The quantitative estimate of drug-likeness (QED) is 0.787. The van der Waals surface area contributed by atoms with Crippen molar-refractivity contribution in [2.24, 2.45) is 0 Å². The van der Waals surface area contributed by atoms with Crippen molar-refractivity contribution in [1.29, 1.82) is 0 Å². The summed E-state index contributed by atoms with van der Waals surface area (Å²) in [5.41, 5.74) is 1.66. The Morgan fingerprint density at radius 3 is 2.75 bits per heavy atom. The molecule has 0 saturated heterocycles. The number of aryl methyl sites for hydroxylation is 1. The minimum absolute atomic E-state index is 0.285. The molecule has 0 spiro atoms. The van der Waals surface area contributed by atoms with Crippen LogP contribution in [0.1, 0.15) is 18.3 Å². The number of aliphatic carboxylic acids is 1. The highest BCUT2D eigenvalue weighted by Gasteiger charge is 2.18. The topological polar surface area (TPSA) is 88.5 Å². The van der Waals surface area contributed by atoms with Gasteiger partial charge in [-0.05, 0) is 6.92 Å². The van der Waals surface area contributed by atoms with Crippen LogP contribution in [-0.4, -0.2) is 40.9 Å². The first-order valence-corrected chi connectivity index (χ1v) is 7.17. The highest BCUT2D eigenvalue weighted by atomic mass is 32.2. The van der Waals surface area contributed by atoms with E-state index in [9.17, 15) is 9.59 Å². The van der Waals surface area contributed by atoms with Crippen LogP contribution >= 0.6 is 11.8 Å². The predicted molar refractivity (Wildman–Crippen MR) is 76.9 cm³/mol. The lowest BCUT2D eigenvalue weighted by molar-refractivity contribution is -0.140. The van der Waals surface area contributed by atoms with E-state index in [2.05, 4.69) is 10.3 Å². The van der Waals surface area contributed by atoms with Crippen LogP contribution in [-0.2, 0) is 15.3 Å². The minimum Gasteiger partial charge on any atom is -0.497 e. The molecular formula is C13H18N2O4S. The monoisotopic (exact) mass is 298 g/mol. The lowest BCUT2D eigenvalue weighted by atomic mass is 10.3. The summed E-state index contributed by atoms with van der Waals surface area (Å²) in [5, 5.41) is 11.4. The Morgan fingerprint density at radius 1 is 1.50 bits per heavy atom. The van der Waals surface area contributed by atoms with Crippen molar-refractivity contribution in [3.05, 3.63) is 23.5 Å². The van der Waals surface area contributed by atoms with Gasteiger partial charge in [0.2, 0.25) is 5.91 Å². The number of aromatic nitrogens is 1. The molecule has 1 atom stereocenters. The normalized spacial score (nSPS) is 11.8. The van der Waals surface area contributed by atoms with Crippen molar-refractivity contribution >= 4 is 23.6 Å². The molecule has 0 aliphatic heterocycles. The van der Waals surface area contributed by atoms with E-state index in [0.717, 1.165) is 17.1 Å². The van der Waals surface area contributed by atoms with Gasteiger partial charge in [0, 0.05) is 36.3 Å². The zero-order valence-electron chi connectivity index (χ0n) is 11.7. The Kier molecular flexibility index (Phi) is 6.30. The van der Waals surface area contributed by atoms with E-state index in [4.69, 9.17) is 9.84 Å². The van der Waals surface area contributed by atoms with E-state index in [1.165, 1.54) is 18.7 Å². The molecule has 0 aliphatic carbocycles. The summed E-state index contributed by atoms with van der Waals surface area (Å²) < 4.78 is 5.15. The molecule has 0 radical (unpaired) electrons. The Morgan fingerprint density at radius 2 is 2.20 bits per heavy atom. The average molecular weight is 298 g/mol. The second kappa shape index (κ2) is 7.74. The van der Waals surface area contributed by atoms with E-state index >= 15 is 0 Å². The largest absolute Gasteiger partial charge is 0.497 e. The average Bonchev–Trinajstić information content (AvgIpc) is 2.36. The number of carboxylic acid groups (broad SMARTS) is 1. The van der Waals surface area contributed by atoms with Crippen LogP contribution in [0.2, 0.25) is 0 Å². The summed E-state index contributed by atoms with van der Waals surface area (Å²) in [7, 11) is 1.59. The number of ether oxygens (including phenoxy) is 1. The minimum atomic E-state index is -1.04. The SMILES string of the molecule is COc1cc(C)nc(CSCC(NC(C)=O)C(=O)O)c1. The molecule has 1 aromatic heterocycles. The summed E-state index contributed by atoms with van der Waals surface area (Å²) in [5.74, 6) is 0.175. The molecular weight excluding hydrogens is 280 g/mol. The Balaban J connectivity index is 2.56. The van der Waals surface area contributed by atoms with Crippen LogP contribution in [0.4, 0.5) is 0 Å². The number of pyridine rings is 1. The summed E-state index contributed by atoms with van der Waals surface area (Å²) in [4.78, 5) is 26.2. The molecule has 0 aliphatic rings. The Labute approximate surface area is 121 Å². The zero-order valence-corrected chi connectivity index (χ0v) is 12.5. The highest BCUT2D eigenvalue weighted by Crippen LogP contribution is 2.18. The molecule has 0 aromatic carbocycles. The van der Waals surface area contributed by atoms with Crippen molar-refractivity contribution in [3.63, 3.8) is 0 Å². The number of thioether (sulfide) groups is 1. The summed E-state index contributed by atoms with van der Waals surface area (Å²) in [6.07, 6.45) is 0. The van der Waals surface area contributed by atoms with Crippen LogP contribution in [0.5, 0.6) is 5.75 Å². The maximum Gasteiger partial charge on any atom is 0.327 e. The van der Waals surface area contributed by atoms with Gasteiger partial charge in [0.1, 0.15) is 11.8 Å². The first kappa shape index (κ1) is 16.3. The fraction of sp³-hybridized carbons (Fsp3) is 0.462. The van der Waals surface area contributed by atoms with E-state index < -0.39 is 12.0 Å². The molecule has 0 bridgehead atoms. The van der Waals surface area contributed by atoms with Crippen molar-refractivity contribution in [2.45, 2.75) is 25.6 Å².